The number of benzene rings is 2. The minimum absolute atomic E-state index is 0.279. The minimum Gasteiger partial charge on any atom is -0.444 e. The normalized spacial score (nSPS) is 12.0. The molecule has 0 fully saturated rings. The van der Waals surface area contributed by atoms with Gasteiger partial charge in [-0.05, 0) is 61.7 Å². The summed E-state index contributed by atoms with van der Waals surface area (Å²) in [5, 5.41) is 2.94. The standard InChI is InChI=1S/C26H29N3O3/c1-26(2,3)32-25(31)29(4)23(18-19-8-6-5-7-9-19)24(30)28-22-12-10-20(11-13-22)21-14-16-27-17-15-21/h5-17,23H,18H2,1-4H3,(H,28,30)/t23-/m1/s1. The van der Waals surface area contributed by atoms with Crippen LogP contribution in [0.4, 0.5) is 10.5 Å². The van der Waals surface area contributed by atoms with Crippen molar-refractivity contribution >= 4 is 17.7 Å². The van der Waals surface area contributed by atoms with Gasteiger partial charge in [-0.15, -0.1) is 0 Å². The lowest BCUT2D eigenvalue weighted by atomic mass is 10.0. The molecule has 0 aliphatic heterocycles. The van der Waals surface area contributed by atoms with Gasteiger partial charge in [0.25, 0.3) is 0 Å². The number of hydrogen-bond donors (Lipinski definition) is 1. The third-order valence-corrected chi connectivity index (χ3v) is 4.89. The molecule has 32 heavy (non-hydrogen) atoms. The number of carbonyl (C=O) groups excluding carboxylic acids is 2. The fourth-order valence-corrected chi connectivity index (χ4v) is 3.22. The van der Waals surface area contributed by atoms with E-state index >= 15 is 0 Å². The largest absolute Gasteiger partial charge is 0.444 e. The Morgan fingerprint density at radius 1 is 0.938 bits per heavy atom. The average molecular weight is 432 g/mol. The molecule has 1 N–H and O–H groups in total. The summed E-state index contributed by atoms with van der Waals surface area (Å²) in [5.41, 5.74) is 3.03. The molecule has 0 aliphatic carbocycles. The Morgan fingerprint density at radius 2 is 1.53 bits per heavy atom. The smallest absolute Gasteiger partial charge is 0.410 e. The molecule has 2 aromatic carbocycles. The molecule has 2 amide bonds. The molecular weight excluding hydrogens is 402 g/mol. The topological polar surface area (TPSA) is 71.5 Å². The minimum atomic E-state index is -0.730. The zero-order chi connectivity index (χ0) is 23.1. The van der Waals surface area contributed by atoms with E-state index in [2.05, 4.69) is 10.3 Å². The molecule has 3 rings (SSSR count). The molecule has 1 heterocycles. The number of carbonyl (C=O) groups is 2. The van der Waals surface area contributed by atoms with Gasteiger partial charge in [-0.3, -0.25) is 14.7 Å². The predicted octanol–water partition coefficient (Wildman–Crippen LogP) is 5.17. The molecule has 0 spiro atoms. The molecule has 1 aromatic heterocycles. The van der Waals surface area contributed by atoms with E-state index in [-0.39, 0.29) is 5.91 Å². The highest BCUT2D eigenvalue weighted by molar-refractivity contribution is 5.97. The monoisotopic (exact) mass is 431 g/mol. The summed E-state index contributed by atoms with van der Waals surface area (Å²) < 4.78 is 5.49. The predicted molar refractivity (Wildman–Crippen MR) is 126 cm³/mol. The van der Waals surface area contributed by atoms with Crippen LogP contribution < -0.4 is 5.32 Å². The molecule has 0 saturated carbocycles. The number of nitrogens with one attached hydrogen (secondary N) is 1. The number of aromatic nitrogens is 1. The SMILES string of the molecule is CN(C(=O)OC(C)(C)C)[C@H](Cc1ccccc1)C(=O)Nc1ccc(-c2ccncc2)cc1. The van der Waals surface area contributed by atoms with Gasteiger partial charge in [0.15, 0.2) is 0 Å². The van der Waals surface area contributed by atoms with Gasteiger partial charge in [0.05, 0.1) is 0 Å². The second-order valence-corrected chi connectivity index (χ2v) is 8.60. The number of amides is 2. The molecule has 1 atom stereocenters. The van der Waals surface area contributed by atoms with Crippen molar-refractivity contribution in [2.75, 3.05) is 12.4 Å². The van der Waals surface area contributed by atoms with Gasteiger partial charge in [-0.25, -0.2) is 4.79 Å². The van der Waals surface area contributed by atoms with Gasteiger partial charge in [0.1, 0.15) is 11.6 Å². The molecule has 0 unspecified atom stereocenters. The highest BCUT2D eigenvalue weighted by Crippen LogP contribution is 2.21. The van der Waals surface area contributed by atoms with Crippen molar-refractivity contribution in [3.8, 4) is 11.1 Å². The van der Waals surface area contributed by atoms with E-state index in [4.69, 9.17) is 4.74 Å². The summed E-state index contributed by atoms with van der Waals surface area (Å²) in [4.78, 5) is 31.3. The van der Waals surface area contributed by atoms with E-state index in [0.717, 1.165) is 16.7 Å². The van der Waals surface area contributed by atoms with Crippen molar-refractivity contribution in [2.45, 2.75) is 38.8 Å². The Hall–Kier alpha value is -3.67. The maximum absolute atomic E-state index is 13.2. The van der Waals surface area contributed by atoms with Crippen LogP contribution in [0.25, 0.3) is 11.1 Å². The zero-order valence-corrected chi connectivity index (χ0v) is 18.9. The Balaban J connectivity index is 1.77. The zero-order valence-electron chi connectivity index (χ0n) is 18.9. The molecule has 166 valence electrons. The van der Waals surface area contributed by atoms with Crippen molar-refractivity contribution < 1.29 is 14.3 Å². The number of rotatable bonds is 6. The van der Waals surface area contributed by atoms with Gasteiger partial charge >= 0.3 is 6.09 Å². The van der Waals surface area contributed by atoms with Crippen LogP contribution in [0.1, 0.15) is 26.3 Å². The number of likely N-dealkylation sites (N-methyl/N-ethyl adjacent to an activating group) is 1. The van der Waals surface area contributed by atoms with Gasteiger partial charge in [-0.2, -0.15) is 0 Å². The lowest BCUT2D eigenvalue weighted by molar-refractivity contribution is -0.120. The molecule has 0 saturated heterocycles. The Labute approximate surface area is 189 Å². The maximum Gasteiger partial charge on any atom is 0.410 e. The van der Waals surface area contributed by atoms with Crippen LogP contribution in [0.3, 0.4) is 0 Å². The van der Waals surface area contributed by atoms with Crippen LogP contribution in [0.5, 0.6) is 0 Å². The number of ether oxygens (including phenoxy) is 1. The summed E-state index contributed by atoms with van der Waals surface area (Å²) in [7, 11) is 1.59. The highest BCUT2D eigenvalue weighted by atomic mass is 16.6. The maximum atomic E-state index is 13.2. The molecule has 0 radical (unpaired) electrons. The van der Waals surface area contributed by atoms with E-state index in [9.17, 15) is 9.59 Å². The summed E-state index contributed by atoms with van der Waals surface area (Å²) in [5.74, 6) is -0.279. The average Bonchev–Trinajstić information content (AvgIpc) is 2.77. The van der Waals surface area contributed by atoms with Crippen LogP contribution in [0.15, 0.2) is 79.1 Å². The molecular formula is C26H29N3O3. The van der Waals surface area contributed by atoms with Crippen LogP contribution in [-0.4, -0.2) is 40.6 Å². The molecule has 0 bridgehead atoms. The van der Waals surface area contributed by atoms with E-state index in [1.54, 1.807) is 40.2 Å². The fraction of sp³-hybridized carbons (Fsp3) is 0.269. The van der Waals surface area contributed by atoms with Crippen molar-refractivity contribution in [2.24, 2.45) is 0 Å². The summed E-state index contributed by atoms with van der Waals surface area (Å²) in [6, 6.07) is 20.3. The highest BCUT2D eigenvalue weighted by Gasteiger charge is 2.30. The number of pyridine rings is 1. The van der Waals surface area contributed by atoms with Crippen molar-refractivity contribution in [3.63, 3.8) is 0 Å². The number of anilines is 1. The van der Waals surface area contributed by atoms with Gasteiger partial charge in [-0.1, -0.05) is 42.5 Å². The Bertz CT molecular complexity index is 1030. The first-order valence-electron chi connectivity index (χ1n) is 10.5. The van der Waals surface area contributed by atoms with E-state index < -0.39 is 17.7 Å². The molecule has 6 heteroatoms. The fourth-order valence-electron chi connectivity index (χ4n) is 3.22. The first-order chi connectivity index (χ1) is 15.2. The van der Waals surface area contributed by atoms with Crippen molar-refractivity contribution in [1.29, 1.82) is 0 Å². The Kier molecular flexibility index (Phi) is 7.25. The third kappa shape index (κ3) is 6.41. The van der Waals surface area contributed by atoms with Gasteiger partial charge in [0.2, 0.25) is 5.91 Å². The second-order valence-electron chi connectivity index (χ2n) is 8.60. The lowest BCUT2D eigenvalue weighted by Crippen LogP contribution is -2.48. The second kappa shape index (κ2) is 10.1. The van der Waals surface area contributed by atoms with Crippen LogP contribution >= 0.6 is 0 Å². The Morgan fingerprint density at radius 3 is 2.12 bits per heavy atom. The molecule has 0 aliphatic rings. The third-order valence-electron chi connectivity index (χ3n) is 4.89. The van der Waals surface area contributed by atoms with E-state index in [1.807, 2.05) is 66.7 Å². The number of nitrogens with zero attached hydrogens (tertiary/aromatic N) is 2. The van der Waals surface area contributed by atoms with E-state index in [0.29, 0.717) is 12.1 Å². The molecule has 3 aromatic rings. The van der Waals surface area contributed by atoms with Crippen molar-refractivity contribution in [1.82, 2.24) is 9.88 Å². The lowest BCUT2D eigenvalue weighted by Gasteiger charge is -2.30. The summed E-state index contributed by atoms with van der Waals surface area (Å²) in [6.07, 6.45) is 3.32. The summed E-state index contributed by atoms with van der Waals surface area (Å²) in [6.45, 7) is 5.40. The van der Waals surface area contributed by atoms with Crippen molar-refractivity contribution in [3.05, 3.63) is 84.7 Å². The van der Waals surface area contributed by atoms with Gasteiger partial charge < -0.3 is 10.1 Å². The molecule has 6 nitrogen and oxygen atoms in total. The quantitative estimate of drug-likeness (QED) is 0.585. The van der Waals surface area contributed by atoms with Crippen LogP contribution in [0, 0.1) is 0 Å². The first kappa shape index (κ1) is 23.0. The van der Waals surface area contributed by atoms with E-state index in [1.165, 1.54) is 4.90 Å². The van der Waals surface area contributed by atoms with Crippen LogP contribution in [0.2, 0.25) is 0 Å². The first-order valence-corrected chi connectivity index (χ1v) is 10.5. The van der Waals surface area contributed by atoms with Crippen LogP contribution in [-0.2, 0) is 16.0 Å². The summed E-state index contributed by atoms with van der Waals surface area (Å²) >= 11 is 0. The van der Waals surface area contributed by atoms with Gasteiger partial charge in [0, 0.05) is 31.5 Å². The number of hydrogen-bond acceptors (Lipinski definition) is 4.